The third-order valence-electron chi connectivity index (χ3n) is 5.35. The predicted molar refractivity (Wildman–Crippen MR) is 115 cm³/mol. The van der Waals surface area contributed by atoms with E-state index in [0.717, 1.165) is 54.2 Å². The summed E-state index contributed by atoms with van der Waals surface area (Å²) in [5.41, 5.74) is 2.14. The molecule has 0 N–H and O–H groups in total. The van der Waals surface area contributed by atoms with Gasteiger partial charge in [0.15, 0.2) is 0 Å². The van der Waals surface area contributed by atoms with Crippen LogP contribution in [0.1, 0.15) is 35.8 Å². The number of carbonyl (C=O) groups is 1. The first-order valence-corrected chi connectivity index (χ1v) is 10.8. The van der Waals surface area contributed by atoms with Crippen LogP contribution in [-0.2, 0) is 11.2 Å². The van der Waals surface area contributed by atoms with Gasteiger partial charge < -0.3 is 9.64 Å². The predicted octanol–water partition coefficient (Wildman–Crippen LogP) is 5.30. The van der Waals surface area contributed by atoms with Gasteiger partial charge in [0.1, 0.15) is 5.75 Å². The van der Waals surface area contributed by atoms with E-state index in [1.54, 1.807) is 18.4 Å². The molecule has 4 rings (SSSR count). The number of nitrogens with zero attached hydrogens (tertiary/aromatic N) is 2. The number of hydrogen-bond donors (Lipinski definition) is 0. The second-order valence-electron chi connectivity index (χ2n) is 7.17. The fourth-order valence-corrected chi connectivity index (χ4v) is 4.95. The van der Waals surface area contributed by atoms with Crippen molar-refractivity contribution in [3.05, 3.63) is 58.1 Å². The third kappa shape index (κ3) is 4.31. The van der Waals surface area contributed by atoms with Crippen molar-refractivity contribution < 1.29 is 9.53 Å². The summed E-state index contributed by atoms with van der Waals surface area (Å²) in [6.07, 6.45) is 3.27. The maximum absolute atomic E-state index is 12.6. The van der Waals surface area contributed by atoms with Gasteiger partial charge in [-0.1, -0.05) is 23.7 Å². The van der Waals surface area contributed by atoms with E-state index >= 15 is 0 Å². The SMILES string of the molecule is COc1ccc(CCC(=O)N2CCC(c3nc4cc(Cl)ccc4s3)CC2)cc1. The molecule has 0 spiro atoms. The highest BCUT2D eigenvalue weighted by Gasteiger charge is 2.25. The van der Waals surface area contributed by atoms with E-state index in [1.165, 1.54) is 9.71 Å². The first-order valence-electron chi connectivity index (χ1n) is 9.59. The number of likely N-dealkylation sites (tertiary alicyclic amines) is 1. The molecular formula is C22H23ClN2O2S. The highest BCUT2D eigenvalue weighted by Crippen LogP contribution is 2.34. The first-order chi connectivity index (χ1) is 13.6. The number of piperidine rings is 1. The van der Waals surface area contributed by atoms with Gasteiger partial charge in [0.25, 0.3) is 0 Å². The van der Waals surface area contributed by atoms with Crippen molar-refractivity contribution in [1.29, 1.82) is 0 Å². The van der Waals surface area contributed by atoms with E-state index in [4.69, 9.17) is 21.3 Å². The van der Waals surface area contributed by atoms with E-state index in [1.807, 2.05) is 47.4 Å². The fraction of sp³-hybridized carbons (Fsp3) is 0.364. The summed E-state index contributed by atoms with van der Waals surface area (Å²) in [5, 5.41) is 1.89. The lowest BCUT2D eigenvalue weighted by molar-refractivity contribution is -0.132. The van der Waals surface area contributed by atoms with E-state index < -0.39 is 0 Å². The zero-order valence-corrected chi connectivity index (χ0v) is 17.4. The number of hydrogen-bond acceptors (Lipinski definition) is 4. The zero-order valence-electron chi connectivity index (χ0n) is 15.9. The van der Waals surface area contributed by atoms with Crippen molar-refractivity contribution in [3.63, 3.8) is 0 Å². The number of aromatic nitrogens is 1. The number of aryl methyl sites for hydroxylation is 1. The monoisotopic (exact) mass is 414 g/mol. The second-order valence-corrected chi connectivity index (χ2v) is 8.67. The van der Waals surface area contributed by atoms with Crippen LogP contribution < -0.4 is 4.74 Å². The van der Waals surface area contributed by atoms with Gasteiger partial charge in [-0.25, -0.2) is 4.98 Å². The Kier molecular flexibility index (Phi) is 5.83. The second kappa shape index (κ2) is 8.50. The molecular weight excluding hydrogens is 392 g/mol. The Hall–Kier alpha value is -2.11. The zero-order chi connectivity index (χ0) is 19.5. The lowest BCUT2D eigenvalue weighted by atomic mass is 9.97. The van der Waals surface area contributed by atoms with Gasteiger partial charge in [-0.15, -0.1) is 11.3 Å². The average molecular weight is 415 g/mol. The van der Waals surface area contributed by atoms with Crippen LogP contribution in [0.5, 0.6) is 5.75 Å². The summed E-state index contributed by atoms with van der Waals surface area (Å²) in [4.78, 5) is 19.4. The number of carbonyl (C=O) groups excluding carboxylic acids is 1. The maximum atomic E-state index is 12.6. The van der Waals surface area contributed by atoms with Crippen LogP contribution in [0.3, 0.4) is 0 Å². The number of amides is 1. The molecule has 2 heterocycles. The molecule has 0 unspecified atom stereocenters. The lowest BCUT2D eigenvalue weighted by Crippen LogP contribution is -2.38. The summed E-state index contributed by atoms with van der Waals surface area (Å²) in [6, 6.07) is 13.8. The van der Waals surface area contributed by atoms with Crippen LogP contribution in [-0.4, -0.2) is 36.0 Å². The summed E-state index contributed by atoms with van der Waals surface area (Å²) in [6.45, 7) is 1.62. The smallest absolute Gasteiger partial charge is 0.222 e. The topological polar surface area (TPSA) is 42.4 Å². The minimum atomic E-state index is 0.241. The van der Waals surface area contributed by atoms with Crippen molar-refractivity contribution in [2.45, 2.75) is 31.6 Å². The molecule has 0 atom stereocenters. The number of thiazole rings is 1. The Balaban J connectivity index is 1.30. The molecule has 1 aliphatic heterocycles. The van der Waals surface area contributed by atoms with Crippen molar-refractivity contribution >= 4 is 39.1 Å². The molecule has 28 heavy (non-hydrogen) atoms. The quantitative estimate of drug-likeness (QED) is 0.569. The maximum Gasteiger partial charge on any atom is 0.222 e. The molecule has 1 amide bonds. The number of halogens is 1. The van der Waals surface area contributed by atoms with Crippen LogP contribution in [0.2, 0.25) is 5.02 Å². The number of rotatable bonds is 5. The van der Waals surface area contributed by atoms with E-state index in [-0.39, 0.29) is 5.91 Å². The first kappa shape index (κ1) is 19.2. The Bertz CT molecular complexity index is 962. The minimum absolute atomic E-state index is 0.241. The molecule has 2 aromatic carbocycles. The molecule has 0 aliphatic carbocycles. The highest BCUT2D eigenvalue weighted by atomic mass is 35.5. The summed E-state index contributed by atoms with van der Waals surface area (Å²) in [5.74, 6) is 1.52. The Morgan fingerprint density at radius 3 is 2.68 bits per heavy atom. The molecule has 4 nitrogen and oxygen atoms in total. The molecule has 1 saturated heterocycles. The minimum Gasteiger partial charge on any atom is -0.497 e. The summed E-state index contributed by atoms with van der Waals surface area (Å²) < 4.78 is 6.35. The van der Waals surface area contributed by atoms with Gasteiger partial charge in [0.2, 0.25) is 5.91 Å². The normalized spacial score (nSPS) is 15.1. The van der Waals surface area contributed by atoms with Crippen LogP contribution in [0, 0.1) is 0 Å². The molecule has 1 aliphatic rings. The molecule has 6 heteroatoms. The molecule has 3 aromatic rings. The number of ether oxygens (including phenoxy) is 1. The molecule has 0 saturated carbocycles. The van der Waals surface area contributed by atoms with E-state index in [0.29, 0.717) is 12.3 Å². The van der Waals surface area contributed by atoms with Gasteiger partial charge >= 0.3 is 0 Å². The lowest BCUT2D eigenvalue weighted by Gasteiger charge is -2.31. The summed E-state index contributed by atoms with van der Waals surface area (Å²) in [7, 11) is 1.66. The van der Waals surface area contributed by atoms with Crippen LogP contribution in [0.25, 0.3) is 10.2 Å². The van der Waals surface area contributed by atoms with Crippen molar-refractivity contribution in [3.8, 4) is 5.75 Å². The van der Waals surface area contributed by atoms with Gasteiger partial charge in [0.05, 0.1) is 22.3 Å². The van der Waals surface area contributed by atoms with Crippen molar-refractivity contribution in [1.82, 2.24) is 9.88 Å². The van der Waals surface area contributed by atoms with Gasteiger partial charge in [0, 0.05) is 30.5 Å². The Labute approximate surface area is 174 Å². The number of methoxy groups -OCH3 is 1. The van der Waals surface area contributed by atoms with Crippen molar-refractivity contribution in [2.24, 2.45) is 0 Å². The van der Waals surface area contributed by atoms with Gasteiger partial charge in [-0.2, -0.15) is 0 Å². The Morgan fingerprint density at radius 1 is 1.21 bits per heavy atom. The van der Waals surface area contributed by atoms with Crippen LogP contribution in [0.4, 0.5) is 0 Å². The molecule has 1 fully saturated rings. The third-order valence-corrected chi connectivity index (χ3v) is 6.78. The van der Waals surface area contributed by atoms with Gasteiger partial charge in [-0.05, 0) is 55.2 Å². The van der Waals surface area contributed by atoms with Crippen LogP contribution >= 0.6 is 22.9 Å². The van der Waals surface area contributed by atoms with E-state index in [9.17, 15) is 4.79 Å². The number of fused-ring (bicyclic) bond motifs is 1. The Morgan fingerprint density at radius 2 is 1.96 bits per heavy atom. The molecule has 0 bridgehead atoms. The molecule has 146 valence electrons. The van der Waals surface area contributed by atoms with E-state index in [2.05, 4.69) is 0 Å². The summed E-state index contributed by atoms with van der Waals surface area (Å²) >= 11 is 7.82. The molecule has 1 aromatic heterocycles. The fourth-order valence-electron chi connectivity index (χ4n) is 3.67. The average Bonchev–Trinajstić information content (AvgIpc) is 3.15. The highest BCUT2D eigenvalue weighted by molar-refractivity contribution is 7.18. The largest absolute Gasteiger partial charge is 0.497 e. The van der Waals surface area contributed by atoms with Crippen LogP contribution in [0.15, 0.2) is 42.5 Å². The van der Waals surface area contributed by atoms with Crippen molar-refractivity contribution in [2.75, 3.05) is 20.2 Å². The molecule has 0 radical (unpaired) electrons. The number of benzene rings is 2. The van der Waals surface area contributed by atoms with Gasteiger partial charge in [-0.3, -0.25) is 4.79 Å². The standard InChI is InChI=1S/C22H23ClN2O2S/c1-27-18-6-2-15(3-7-18)4-9-21(26)25-12-10-16(11-13-25)22-24-19-14-17(23)5-8-20(19)28-22/h2-3,5-8,14,16H,4,9-13H2,1H3.